The van der Waals surface area contributed by atoms with E-state index in [0.29, 0.717) is 0 Å². The molecule has 0 aliphatic rings. The summed E-state index contributed by atoms with van der Waals surface area (Å²) in [5.41, 5.74) is 6.20. The molecule has 2 unspecified atom stereocenters. The summed E-state index contributed by atoms with van der Waals surface area (Å²) in [5, 5.41) is 2.06. The lowest BCUT2D eigenvalue weighted by Crippen LogP contribution is -2.30. The number of hydrogen-bond acceptors (Lipinski definition) is 3. The highest BCUT2D eigenvalue weighted by molar-refractivity contribution is 14.1. The van der Waals surface area contributed by atoms with Crippen LogP contribution in [-0.2, 0) is 0 Å². The molecule has 1 aromatic carbocycles. The highest BCUT2D eigenvalue weighted by Crippen LogP contribution is 2.32. The third-order valence-electron chi connectivity index (χ3n) is 2.81. The summed E-state index contributed by atoms with van der Waals surface area (Å²) in [5.74, 6) is 0.860. The minimum Gasteiger partial charge on any atom is -0.483 e. The van der Waals surface area contributed by atoms with Gasteiger partial charge in [-0.05, 0) is 75.3 Å². The molecule has 2 N–H and O–H groups in total. The fraction of sp³-hybridized carbons (Fsp3) is 0.286. The van der Waals surface area contributed by atoms with Gasteiger partial charge in [0.2, 0.25) is 0 Å². The first-order chi connectivity index (χ1) is 9.10. The van der Waals surface area contributed by atoms with Crippen LogP contribution in [0.15, 0.2) is 40.2 Å². The van der Waals surface area contributed by atoms with Gasteiger partial charge in [-0.2, -0.15) is 0 Å². The molecule has 0 fully saturated rings. The van der Waals surface area contributed by atoms with Gasteiger partial charge in [-0.25, -0.2) is 0 Å². The predicted molar refractivity (Wildman–Crippen MR) is 92.8 cm³/mol. The van der Waals surface area contributed by atoms with E-state index in [1.807, 2.05) is 24.3 Å². The van der Waals surface area contributed by atoms with E-state index in [2.05, 4.69) is 56.9 Å². The maximum Gasteiger partial charge on any atom is 0.148 e. The Bertz CT molecular complexity index is 528. The second-order valence-corrected chi connectivity index (χ2v) is 7.34. The zero-order valence-electron chi connectivity index (χ0n) is 10.5. The monoisotopic (exact) mass is 451 g/mol. The van der Waals surface area contributed by atoms with Crippen LogP contribution in [0.2, 0.25) is 0 Å². The van der Waals surface area contributed by atoms with Gasteiger partial charge in [-0.1, -0.05) is 6.92 Å². The molecule has 2 aromatic rings. The zero-order valence-corrected chi connectivity index (χ0v) is 15.0. The lowest BCUT2D eigenvalue weighted by molar-refractivity contribution is 0.174. The number of thiophene rings is 1. The Morgan fingerprint density at radius 2 is 2.05 bits per heavy atom. The van der Waals surface area contributed by atoms with Crippen LogP contribution in [0.5, 0.6) is 5.75 Å². The van der Waals surface area contributed by atoms with Crippen LogP contribution in [0.25, 0.3) is 0 Å². The molecule has 0 radical (unpaired) electrons. The molecule has 1 heterocycles. The van der Waals surface area contributed by atoms with Crippen molar-refractivity contribution in [3.63, 3.8) is 0 Å². The molecule has 19 heavy (non-hydrogen) atoms. The first-order valence-electron chi connectivity index (χ1n) is 6.02. The third-order valence-corrected chi connectivity index (χ3v) is 5.28. The van der Waals surface area contributed by atoms with Crippen LogP contribution in [0.4, 0.5) is 0 Å². The Morgan fingerprint density at radius 3 is 2.58 bits per heavy atom. The molecular weight excluding hydrogens is 437 g/mol. The average Bonchev–Trinajstić information content (AvgIpc) is 2.83. The lowest BCUT2D eigenvalue weighted by atomic mass is 10.1. The van der Waals surface area contributed by atoms with Crippen molar-refractivity contribution in [2.24, 2.45) is 5.73 Å². The SMILES string of the molecule is CCC(N)C(Oc1ccc(I)cc1)c1cc(Br)cs1. The van der Waals surface area contributed by atoms with Crippen molar-refractivity contribution >= 4 is 49.9 Å². The zero-order chi connectivity index (χ0) is 13.8. The van der Waals surface area contributed by atoms with E-state index in [4.69, 9.17) is 10.5 Å². The van der Waals surface area contributed by atoms with E-state index < -0.39 is 0 Å². The number of benzene rings is 1. The van der Waals surface area contributed by atoms with Gasteiger partial charge in [0.25, 0.3) is 0 Å². The van der Waals surface area contributed by atoms with Gasteiger partial charge in [0.1, 0.15) is 11.9 Å². The van der Waals surface area contributed by atoms with Crippen LogP contribution in [0.1, 0.15) is 24.3 Å². The van der Waals surface area contributed by atoms with Crippen molar-refractivity contribution in [1.82, 2.24) is 0 Å². The van der Waals surface area contributed by atoms with Crippen molar-refractivity contribution in [1.29, 1.82) is 0 Å². The number of ether oxygens (including phenoxy) is 1. The van der Waals surface area contributed by atoms with Crippen LogP contribution >= 0.6 is 49.9 Å². The molecule has 102 valence electrons. The van der Waals surface area contributed by atoms with Gasteiger partial charge in [0, 0.05) is 24.3 Å². The summed E-state index contributed by atoms with van der Waals surface area (Å²) in [6.07, 6.45) is 0.784. The largest absolute Gasteiger partial charge is 0.483 e. The van der Waals surface area contributed by atoms with E-state index in [-0.39, 0.29) is 12.1 Å². The number of rotatable bonds is 5. The molecule has 0 aliphatic carbocycles. The second kappa shape index (κ2) is 7.06. The Hall–Kier alpha value is -0.110. The third kappa shape index (κ3) is 4.18. The minimum absolute atomic E-state index is 0.00942. The molecular formula is C14H15BrINOS. The standard InChI is InChI=1S/C14H15BrINOS/c1-2-12(17)14(13-7-9(15)8-19-13)18-11-5-3-10(16)4-6-11/h3-8,12,14H,2,17H2,1H3. The fourth-order valence-electron chi connectivity index (χ4n) is 1.71. The highest BCUT2D eigenvalue weighted by Gasteiger charge is 2.22. The number of nitrogens with two attached hydrogens (primary N) is 1. The molecule has 2 nitrogen and oxygen atoms in total. The molecule has 2 atom stereocenters. The summed E-state index contributed by atoms with van der Waals surface area (Å²) >= 11 is 7.43. The van der Waals surface area contributed by atoms with E-state index >= 15 is 0 Å². The summed E-state index contributed by atoms with van der Waals surface area (Å²) in [6, 6.07) is 10.1. The van der Waals surface area contributed by atoms with Gasteiger partial charge in [-0.15, -0.1) is 11.3 Å². The van der Waals surface area contributed by atoms with Gasteiger partial charge in [0.15, 0.2) is 0 Å². The lowest BCUT2D eigenvalue weighted by Gasteiger charge is -2.23. The molecule has 0 spiro atoms. The summed E-state index contributed by atoms with van der Waals surface area (Å²) < 4.78 is 8.35. The van der Waals surface area contributed by atoms with Crippen LogP contribution in [0.3, 0.4) is 0 Å². The van der Waals surface area contributed by atoms with Crippen molar-refractivity contribution in [3.05, 3.63) is 48.6 Å². The molecule has 0 saturated carbocycles. The van der Waals surface area contributed by atoms with Crippen LogP contribution in [-0.4, -0.2) is 6.04 Å². The van der Waals surface area contributed by atoms with Crippen LogP contribution < -0.4 is 10.5 Å². The fourth-order valence-corrected chi connectivity index (χ4v) is 3.61. The Kier molecular flexibility index (Phi) is 5.68. The predicted octanol–water partition coefficient (Wildman–Crippen LogP) is 4.97. The number of hydrogen-bond donors (Lipinski definition) is 1. The molecule has 1 aromatic heterocycles. The molecule has 0 aliphatic heterocycles. The Labute approximate surface area is 139 Å². The second-order valence-electron chi connectivity index (χ2n) is 4.23. The maximum atomic E-state index is 6.20. The van der Waals surface area contributed by atoms with Gasteiger partial charge >= 0.3 is 0 Å². The molecule has 0 bridgehead atoms. The summed E-state index contributed by atoms with van der Waals surface area (Å²) in [7, 11) is 0. The van der Waals surface area contributed by atoms with Crippen molar-refractivity contribution in [2.45, 2.75) is 25.5 Å². The van der Waals surface area contributed by atoms with Gasteiger partial charge in [0.05, 0.1) is 0 Å². The smallest absolute Gasteiger partial charge is 0.148 e. The van der Waals surface area contributed by atoms with Gasteiger partial charge in [-0.3, -0.25) is 0 Å². The first-order valence-corrected chi connectivity index (χ1v) is 8.77. The molecule has 0 amide bonds. The van der Waals surface area contributed by atoms with Crippen molar-refractivity contribution in [3.8, 4) is 5.75 Å². The average molecular weight is 452 g/mol. The van der Waals surface area contributed by atoms with E-state index in [9.17, 15) is 0 Å². The van der Waals surface area contributed by atoms with Crippen molar-refractivity contribution < 1.29 is 4.74 Å². The maximum absolute atomic E-state index is 6.20. The summed E-state index contributed by atoms with van der Waals surface area (Å²) in [4.78, 5) is 1.15. The van der Waals surface area contributed by atoms with E-state index in [1.165, 1.54) is 3.57 Å². The highest BCUT2D eigenvalue weighted by atomic mass is 127. The Balaban J connectivity index is 2.21. The quantitative estimate of drug-likeness (QED) is 0.651. The molecule has 2 rings (SSSR count). The topological polar surface area (TPSA) is 35.2 Å². The van der Waals surface area contributed by atoms with Gasteiger partial charge < -0.3 is 10.5 Å². The normalized spacial score (nSPS) is 14.1. The summed E-state index contributed by atoms with van der Waals surface area (Å²) in [6.45, 7) is 2.08. The van der Waals surface area contributed by atoms with Crippen LogP contribution in [0, 0.1) is 3.57 Å². The Morgan fingerprint density at radius 1 is 1.37 bits per heavy atom. The van der Waals surface area contributed by atoms with E-state index in [1.54, 1.807) is 11.3 Å². The molecule has 0 saturated heterocycles. The first kappa shape index (κ1) is 15.3. The molecule has 5 heteroatoms. The van der Waals surface area contributed by atoms with E-state index in [0.717, 1.165) is 21.5 Å². The number of halogens is 2. The minimum atomic E-state index is -0.0960. The van der Waals surface area contributed by atoms with Crippen molar-refractivity contribution in [2.75, 3.05) is 0 Å².